The predicted octanol–water partition coefficient (Wildman–Crippen LogP) is 1.79. The van der Waals surface area contributed by atoms with Crippen LogP contribution in [0.3, 0.4) is 0 Å². The van der Waals surface area contributed by atoms with Gasteiger partial charge in [0.25, 0.3) is 0 Å². The van der Waals surface area contributed by atoms with Gasteiger partial charge in [0.15, 0.2) is 0 Å². The summed E-state index contributed by atoms with van der Waals surface area (Å²) in [4.78, 5) is 13.8. The maximum absolute atomic E-state index is 12.1. The van der Waals surface area contributed by atoms with E-state index in [1.54, 1.807) is 27.8 Å². The Bertz CT molecular complexity index is 399. The summed E-state index contributed by atoms with van der Waals surface area (Å²) in [6, 6.07) is 5.26. The molecule has 0 bridgehead atoms. The van der Waals surface area contributed by atoms with Crippen LogP contribution in [0.5, 0.6) is 0 Å². The fourth-order valence-electron chi connectivity index (χ4n) is 1.74. The quantitative estimate of drug-likeness (QED) is 0.775. The van der Waals surface area contributed by atoms with Gasteiger partial charge in [0.1, 0.15) is 17.8 Å². The first kappa shape index (κ1) is 12.3. The van der Waals surface area contributed by atoms with E-state index in [0.29, 0.717) is 18.8 Å². The Morgan fingerprint density at radius 3 is 2.69 bits per heavy atom. The summed E-state index contributed by atoms with van der Waals surface area (Å²) in [5.41, 5.74) is 0.521. The van der Waals surface area contributed by atoms with Crippen LogP contribution in [0.4, 0.5) is 0 Å². The number of hydrogen-bond acceptors (Lipinski definition) is 2. The number of carbonyl (C=O) groups excluding carboxylic acids is 1. The van der Waals surface area contributed by atoms with E-state index in [-0.39, 0.29) is 11.9 Å². The Kier molecular flexibility index (Phi) is 4.12. The predicted molar refractivity (Wildman–Crippen MR) is 61.8 cm³/mol. The maximum atomic E-state index is 12.1. The molecule has 1 rings (SSSR count). The van der Waals surface area contributed by atoms with Crippen LogP contribution in [-0.4, -0.2) is 28.5 Å². The minimum Gasteiger partial charge on any atom is -0.341 e. The number of nitrogens with zero attached hydrogens (tertiary/aromatic N) is 3. The zero-order chi connectivity index (χ0) is 12.1. The maximum Gasteiger partial charge on any atom is 0.245 e. The summed E-state index contributed by atoms with van der Waals surface area (Å²) < 4.78 is 1.71. The molecule has 1 unspecified atom stereocenters. The molecule has 1 atom stereocenters. The molecule has 0 radical (unpaired) electrons. The molecule has 4 heteroatoms. The van der Waals surface area contributed by atoms with Crippen molar-refractivity contribution in [1.82, 2.24) is 9.47 Å². The zero-order valence-electron chi connectivity index (χ0n) is 9.97. The summed E-state index contributed by atoms with van der Waals surface area (Å²) in [7, 11) is 0. The van der Waals surface area contributed by atoms with Gasteiger partial charge in [-0.3, -0.25) is 4.79 Å². The van der Waals surface area contributed by atoms with Gasteiger partial charge in [-0.05, 0) is 32.9 Å². The highest BCUT2D eigenvalue weighted by Gasteiger charge is 2.20. The molecule has 16 heavy (non-hydrogen) atoms. The van der Waals surface area contributed by atoms with Crippen LogP contribution in [0.25, 0.3) is 0 Å². The van der Waals surface area contributed by atoms with E-state index in [2.05, 4.69) is 6.07 Å². The lowest BCUT2D eigenvalue weighted by Crippen LogP contribution is -2.36. The lowest BCUT2D eigenvalue weighted by Gasteiger charge is -2.24. The highest BCUT2D eigenvalue weighted by atomic mass is 16.2. The standard InChI is InChI=1S/C12H17N3O/c1-4-14(5-2)12(16)10(3)15-8-6-7-11(15)9-13/h6-8,10H,4-5H2,1-3H3. The Morgan fingerprint density at radius 1 is 1.56 bits per heavy atom. The van der Waals surface area contributed by atoms with E-state index >= 15 is 0 Å². The molecule has 1 aromatic rings. The van der Waals surface area contributed by atoms with Gasteiger partial charge in [0.2, 0.25) is 5.91 Å². The summed E-state index contributed by atoms with van der Waals surface area (Å²) in [5, 5.41) is 8.90. The van der Waals surface area contributed by atoms with Crippen LogP contribution in [0.1, 0.15) is 32.5 Å². The van der Waals surface area contributed by atoms with Crippen LogP contribution < -0.4 is 0 Å². The number of hydrogen-bond donors (Lipinski definition) is 0. The monoisotopic (exact) mass is 219 g/mol. The molecule has 0 aliphatic carbocycles. The van der Waals surface area contributed by atoms with E-state index in [4.69, 9.17) is 5.26 Å². The van der Waals surface area contributed by atoms with Gasteiger partial charge in [0.05, 0.1) is 0 Å². The third kappa shape index (κ3) is 2.25. The second kappa shape index (κ2) is 5.36. The number of likely N-dealkylation sites (N-methyl/N-ethyl adjacent to an activating group) is 1. The smallest absolute Gasteiger partial charge is 0.245 e. The van der Waals surface area contributed by atoms with Gasteiger partial charge in [-0.1, -0.05) is 0 Å². The Balaban J connectivity index is 2.90. The van der Waals surface area contributed by atoms with Gasteiger partial charge >= 0.3 is 0 Å². The Morgan fingerprint density at radius 2 is 2.19 bits per heavy atom. The minimum atomic E-state index is -0.315. The van der Waals surface area contributed by atoms with Crippen LogP contribution >= 0.6 is 0 Å². The van der Waals surface area contributed by atoms with Crippen LogP contribution in [0.2, 0.25) is 0 Å². The van der Waals surface area contributed by atoms with Gasteiger partial charge < -0.3 is 9.47 Å². The fraction of sp³-hybridized carbons (Fsp3) is 0.500. The molecule has 0 N–H and O–H groups in total. The SMILES string of the molecule is CCN(CC)C(=O)C(C)n1cccc1C#N. The number of carbonyl (C=O) groups is 1. The normalized spacial score (nSPS) is 11.9. The number of amides is 1. The van der Waals surface area contributed by atoms with E-state index < -0.39 is 0 Å². The van der Waals surface area contributed by atoms with Crippen molar-refractivity contribution in [2.24, 2.45) is 0 Å². The average molecular weight is 219 g/mol. The van der Waals surface area contributed by atoms with Crippen molar-refractivity contribution in [3.05, 3.63) is 24.0 Å². The number of aromatic nitrogens is 1. The molecule has 1 heterocycles. The summed E-state index contributed by atoms with van der Waals surface area (Å²) >= 11 is 0. The van der Waals surface area contributed by atoms with Crippen LogP contribution in [0.15, 0.2) is 18.3 Å². The van der Waals surface area contributed by atoms with Gasteiger partial charge in [-0.25, -0.2) is 0 Å². The lowest BCUT2D eigenvalue weighted by molar-refractivity contribution is -0.133. The van der Waals surface area contributed by atoms with Gasteiger partial charge in [-0.15, -0.1) is 0 Å². The van der Waals surface area contributed by atoms with E-state index in [9.17, 15) is 4.79 Å². The first-order chi connectivity index (χ1) is 7.65. The second-order valence-electron chi connectivity index (χ2n) is 3.60. The summed E-state index contributed by atoms with van der Waals surface area (Å²) in [5.74, 6) is 0.0534. The highest BCUT2D eigenvalue weighted by molar-refractivity contribution is 5.80. The van der Waals surface area contributed by atoms with Crippen molar-refractivity contribution < 1.29 is 4.79 Å². The molecule has 0 aliphatic heterocycles. The Hall–Kier alpha value is -1.76. The molecule has 0 spiro atoms. The molecular weight excluding hydrogens is 202 g/mol. The van der Waals surface area contributed by atoms with Crippen molar-refractivity contribution >= 4 is 5.91 Å². The van der Waals surface area contributed by atoms with E-state index in [1.807, 2.05) is 20.8 Å². The molecule has 0 aromatic carbocycles. The molecule has 0 aliphatic rings. The third-order valence-electron chi connectivity index (χ3n) is 2.74. The second-order valence-corrected chi connectivity index (χ2v) is 3.60. The van der Waals surface area contributed by atoms with E-state index in [1.165, 1.54) is 0 Å². The number of rotatable bonds is 4. The molecular formula is C12H17N3O. The average Bonchev–Trinajstić information content (AvgIpc) is 2.77. The van der Waals surface area contributed by atoms with Gasteiger partial charge in [0, 0.05) is 19.3 Å². The Labute approximate surface area is 96.1 Å². The topological polar surface area (TPSA) is 49.0 Å². The van der Waals surface area contributed by atoms with Crippen LogP contribution in [-0.2, 0) is 4.79 Å². The molecule has 1 amide bonds. The van der Waals surface area contributed by atoms with Crippen molar-refractivity contribution in [3.8, 4) is 6.07 Å². The first-order valence-electron chi connectivity index (χ1n) is 5.51. The molecule has 86 valence electrons. The first-order valence-corrected chi connectivity index (χ1v) is 5.51. The van der Waals surface area contributed by atoms with E-state index in [0.717, 1.165) is 0 Å². The third-order valence-corrected chi connectivity index (χ3v) is 2.74. The minimum absolute atomic E-state index is 0.0534. The van der Waals surface area contributed by atoms with Crippen molar-refractivity contribution in [2.45, 2.75) is 26.8 Å². The highest BCUT2D eigenvalue weighted by Crippen LogP contribution is 2.13. The number of nitriles is 1. The molecule has 0 saturated heterocycles. The summed E-state index contributed by atoms with van der Waals surface area (Å²) in [6.45, 7) is 7.12. The molecule has 1 aromatic heterocycles. The van der Waals surface area contributed by atoms with Gasteiger partial charge in [-0.2, -0.15) is 5.26 Å². The van der Waals surface area contributed by atoms with Crippen molar-refractivity contribution in [2.75, 3.05) is 13.1 Å². The van der Waals surface area contributed by atoms with Crippen molar-refractivity contribution in [1.29, 1.82) is 5.26 Å². The molecule has 0 saturated carbocycles. The largest absolute Gasteiger partial charge is 0.341 e. The molecule has 0 fully saturated rings. The van der Waals surface area contributed by atoms with Crippen molar-refractivity contribution in [3.63, 3.8) is 0 Å². The van der Waals surface area contributed by atoms with Crippen LogP contribution in [0, 0.1) is 11.3 Å². The lowest BCUT2D eigenvalue weighted by atomic mass is 10.2. The zero-order valence-corrected chi connectivity index (χ0v) is 9.97. The molecule has 4 nitrogen and oxygen atoms in total. The fourth-order valence-corrected chi connectivity index (χ4v) is 1.74. The summed E-state index contributed by atoms with van der Waals surface area (Å²) in [6.07, 6.45) is 1.77.